The maximum Gasteiger partial charge on any atom is 0.262 e. The van der Waals surface area contributed by atoms with E-state index in [1.54, 1.807) is 44.2 Å². The highest BCUT2D eigenvalue weighted by molar-refractivity contribution is 7.94. The highest BCUT2D eigenvalue weighted by Crippen LogP contribution is 2.31. The van der Waals surface area contributed by atoms with Crippen molar-refractivity contribution < 1.29 is 21.6 Å². The fraction of sp³-hybridized carbons (Fsp3) is 0.235. The lowest BCUT2D eigenvalue weighted by molar-refractivity contribution is -0.119. The molecule has 1 fully saturated rings. The molecule has 9 heteroatoms. The predicted molar refractivity (Wildman–Crippen MR) is 98.9 cm³/mol. The predicted octanol–water partition coefficient (Wildman–Crippen LogP) is 2.11. The van der Waals surface area contributed by atoms with Crippen LogP contribution in [0, 0.1) is 12.8 Å². The zero-order valence-corrected chi connectivity index (χ0v) is 15.8. The molecule has 1 atom stereocenters. The first-order valence-electron chi connectivity index (χ1n) is 7.87. The van der Waals surface area contributed by atoms with Gasteiger partial charge in [-0.1, -0.05) is 25.1 Å². The van der Waals surface area contributed by atoms with Crippen molar-refractivity contribution in [2.24, 2.45) is 5.92 Å². The molecule has 138 valence electrons. The van der Waals surface area contributed by atoms with E-state index in [-0.39, 0.29) is 16.3 Å². The lowest BCUT2D eigenvalue weighted by atomic mass is 10.2. The number of amides is 1. The molecule has 2 aromatic rings. The van der Waals surface area contributed by atoms with Crippen molar-refractivity contribution >= 4 is 37.3 Å². The Morgan fingerprint density at radius 2 is 1.77 bits per heavy atom. The van der Waals surface area contributed by atoms with Gasteiger partial charge >= 0.3 is 0 Å². The maximum absolute atomic E-state index is 12.6. The second kappa shape index (κ2) is 6.40. The molecule has 26 heavy (non-hydrogen) atoms. The smallest absolute Gasteiger partial charge is 0.262 e. The molecule has 1 aliphatic heterocycles. The summed E-state index contributed by atoms with van der Waals surface area (Å²) in [6.07, 6.45) is 0. The number of aryl methyl sites for hydroxylation is 1. The van der Waals surface area contributed by atoms with Crippen molar-refractivity contribution in [2.75, 3.05) is 14.8 Å². The standard InChI is InChI=1S/C17H18N2O5S2/c1-12-10-15(19-17(20)13(2)11-25(19,21)22)8-9-16(12)26(23,24)18-14-6-4-3-5-7-14/h3-10,13,18H,11H2,1-2H3. The van der Waals surface area contributed by atoms with Crippen LogP contribution in [0.1, 0.15) is 12.5 Å². The first kappa shape index (κ1) is 18.4. The highest BCUT2D eigenvalue weighted by Gasteiger charge is 2.42. The van der Waals surface area contributed by atoms with Crippen LogP contribution in [0.3, 0.4) is 0 Å². The molecule has 0 aliphatic carbocycles. The Kier molecular flexibility index (Phi) is 4.53. The Morgan fingerprint density at radius 3 is 2.31 bits per heavy atom. The first-order chi connectivity index (χ1) is 12.1. The van der Waals surface area contributed by atoms with Crippen LogP contribution in [0.25, 0.3) is 0 Å². The number of nitrogens with one attached hydrogen (secondary N) is 1. The normalized spacial score (nSPS) is 19.5. The minimum Gasteiger partial charge on any atom is -0.280 e. The minimum atomic E-state index is -3.84. The molecule has 0 bridgehead atoms. The lowest BCUT2D eigenvalue weighted by Crippen LogP contribution is -2.30. The van der Waals surface area contributed by atoms with Crippen LogP contribution in [0.5, 0.6) is 0 Å². The molecule has 1 aliphatic rings. The number of sulfonamides is 2. The maximum atomic E-state index is 12.6. The number of hydrogen-bond donors (Lipinski definition) is 1. The second-order valence-corrected chi connectivity index (χ2v) is 9.72. The van der Waals surface area contributed by atoms with Crippen LogP contribution in [0.4, 0.5) is 11.4 Å². The van der Waals surface area contributed by atoms with Gasteiger partial charge in [-0.3, -0.25) is 9.52 Å². The average Bonchev–Trinajstić information content (AvgIpc) is 2.75. The van der Waals surface area contributed by atoms with Gasteiger partial charge in [0.1, 0.15) is 0 Å². The third-order valence-electron chi connectivity index (χ3n) is 4.07. The number of carbonyl (C=O) groups is 1. The number of para-hydroxylation sites is 1. The van der Waals surface area contributed by atoms with E-state index in [1.807, 2.05) is 0 Å². The van der Waals surface area contributed by atoms with Crippen molar-refractivity contribution in [2.45, 2.75) is 18.7 Å². The Morgan fingerprint density at radius 1 is 1.12 bits per heavy atom. The van der Waals surface area contributed by atoms with E-state index < -0.39 is 31.9 Å². The molecule has 1 heterocycles. The van der Waals surface area contributed by atoms with Crippen LogP contribution in [0.15, 0.2) is 53.4 Å². The van der Waals surface area contributed by atoms with Gasteiger partial charge in [-0.15, -0.1) is 0 Å². The molecule has 0 radical (unpaired) electrons. The average molecular weight is 394 g/mol. The van der Waals surface area contributed by atoms with Crippen LogP contribution in [0.2, 0.25) is 0 Å². The lowest BCUT2D eigenvalue weighted by Gasteiger charge is -2.17. The van der Waals surface area contributed by atoms with Gasteiger partial charge < -0.3 is 0 Å². The number of hydrogen-bond acceptors (Lipinski definition) is 5. The SMILES string of the molecule is Cc1cc(N2C(=O)C(C)CS2(=O)=O)ccc1S(=O)(=O)Nc1ccccc1. The molecule has 7 nitrogen and oxygen atoms in total. The van der Waals surface area contributed by atoms with Gasteiger partial charge in [-0.2, -0.15) is 0 Å². The summed E-state index contributed by atoms with van der Waals surface area (Å²) < 4.78 is 52.8. The number of rotatable bonds is 4. The summed E-state index contributed by atoms with van der Waals surface area (Å²) in [5.41, 5.74) is 0.908. The van der Waals surface area contributed by atoms with Gasteiger partial charge in [0.2, 0.25) is 15.9 Å². The zero-order valence-electron chi connectivity index (χ0n) is 14.2. The van der Waals surface area contributed by atoms with Crippen LogP contribution >= 0.6 is 0 Å². The van der Waals surface area contributed by atoms with E-state index in [9.17, 15) is 21.6 Å². The highest BCUT2D eigenvalue weighted by atomic mass is 32.2. The Balaban J connectivity index is 1.97. The summed E-state index contributed by atoms with van der Waals surface area (Å²) in [5, 5.41) is 0. The summed E-state index contributed by atoms with van der Waals surface area (Å²) in [7, 11) is -7.57. The Bertz CT molecular complexity index is 1060. The van der Waals surface area contributed by atoms with Gasteiger partial charge in [0.15, 0.2) is 0 Å². The van der Waals surface area contributed by atoms with Crippen LogP contribution < -0.4 is 9.03 Å². The topological polar surface area (TPSA) is 101 Å². The van der Waals surface area contributed by atoms with Gasteiger partial charge in [-0.05, 0) is 42.8 Å². The summed E-state index contributed by atoms with van der Waals surface area (Å²) in [5.74, 6) is -1.38. The van der Waals surface area contributed by atoms with Gasteiger partial charge in [-0.25, -0.2) is 21.1 Å². The Hall–Kier alpha value is -2.39. The molecule has 1 unspecified atom stereocenters. The molecule has 0 spiro atoms. The Labute approximate surface area is 152 Å². The third kappa shape index (κ3) is 3.32. The number of anilines is 2. The number of nitrogens with zero attached hydrogens (tertiary/aromatic N) is 1. The molecule has 0 saturated carbocycles. The number of benzene rings is 2. The van der Waals surface area contributed by atoms with Crippen molar-refractivity contribution in [1.82, 2.24) is 0 Å². The number of carbonyl (C=O) groups excluding carboxylic acids is 1. The molecular weight excluding hydrogens is 376 g/mol. The quantitative estimate of drug-likeness (QED) is 0.856. The van der Waals surface area contributed by atoms with Gasteiger partial charge in [0.25, 0.3) is 10.0 Å². The van der Waals surface area contributed by atoms with E-state index in [1.165, 1.54) is 18.2 Å². The fourth-order valence-electron chi connectivity index (χ4n) is 2.86. The monoisotopic (exact) mass is 394 g/mol. The molecule has 1 amide bonds. The first-order valence-corrected chi connectivity index (χ1v) is 11.0. The van der Waals surface area contributed by atoms with Crippen molar-refractivity contribution in [3.63, 3.8) is 0 Å². The van der Waals surface area contributed by atoms with Crippen molar-refractivity contribution in [1.29, 1.82) is 0 Å². The fourth-order valence-corrected chi connectivity index (χ4v) is 5.96. The second-order valence-electron chi connectivity index (χ2n) is 6.20. The summed E-state index contributed by atoms with van der Waals surface area (Å²) in [4.78, 5) is 12.2. The molecule has 1 saturated heterocycles. The molecule has 2 aromatic carbocycles. The molecule has 1 N–H and O–H groups in total. The largest absolute Gasteiger partial charge is 0.280 e. The summed E-state index contributed by atoms with van der Waals surface area (Å²) in [6.45, 7) is 3.11. The van der Waals surface area contributed by atoms with E-state index in [0.717, 1.165) is 4.31 Å². The third-order valence-corrected chi connectivity index (χ3v) is 7.48. The van der Waals surface area contributed by atoms with E-state index in [0.29, 0.717) is 11.3 Å². The molecule has 3 rings (SSSR count). The van der Waals surface area contributed by atoms with E-state index in [4.69, 9.17) is 0 Å². The van der Waals surface area contributed by atoms with E-state index >= 15 is 0 Å². The van der Waals surface area contributed by atoms with Gasteiger partial charge in [0, 0.05) is 5.69 Å². The minimum absolute atomic E-state index is 0.0159. The van der Waals surface area contributed by atoms with Crippen LogP contribution in [-0.2, 0) is 24.8 Å². The summed E-state index contributed by atoms with van der Waals surface area (Å²) >= 11 is 0. The van der Waals surface area contributed by atoms with Crippen molar-refractivity contribution in [3.8, 4) is 0 Å². The van der Waals surface area contributed by atoms with Gasteiger partial charge in [0.05, 0.1) is 22.3 Å². The molecular formula is C17H18N2O5S2. The van der Waals surface area contributed by atoms with Crippen LogP contribution in [-0.4, -0.2) is 28.5 Å². The summed E-state index contributed by atoms with van der Waals surface area (Å²) in [6, 6.07) is 12.5. The zero-order chi connectivity index (χ0) is 19.1. The van der Waals surface area contributed by atoms with Crippen molar-refractivity contribution in [3.05, 3.63) is 54.1 Å². The van der Waals surface area contributed by atoms with E-state index in [2.05, 4.69) is 4.72 Å². The molecule has 0 aromatic heterocycles.